The topological polar surface area (TPSA) is 63.0 Å². The van der Waals surface area contributed by atoms with Crippen LogP contribution in [0.25, 0.3) is 0 Å². The van der Waals surface area contributed by atoms with Crippen molar-refractivity contribution in [2.45, 2.75) is 38.8 Å². The number of amides is 2. The molecule has 0 N–H and O–H groups in total. The highest BCUT2D eigenvalue weighted by atomic mass is 16.5. The van der Waals surface area contributed by atoms with E-state index in [4.69, 9.17) is 9.15 Å². The zero-order valence-corrected chi connectivity index (χ0v) is 20.1. The van der Waals surface area contributed by atoms with Crippen LogP contribution in [0.5, 0.6) is 0 Å². The molecule has 0 aliphatic heterocycles. The van der Waals surface area contributed by atoms with Crippen LogP contribution in [0.1, 0.15) is 42.6 Å². The molecule has 0 aliphatic carbocycles. The lowest BCUT2D eigenvalue weighted by atomic mass is 9.95. The number of ether oxygens (including phenoxy) is 1. The Kier molecular flexibility index (Phi) is 9.92. The van der Waals surface area contributed by atoms with E-state index in [1.165, 1.54) is 0 Å². The molecule has 1 atom stereocenters. The van der Waals surface area contributed by atoms with E-state index in [-0.39, 0.29) is 24.3 Å². The number of hydrogen-bond acceptors (Lipinski definition) is 4. The highest BCUT2D eigenvalue weighted by Crippen LogP contribution is 2.22. The van der Waals surface area contributed by atoms with Crippen LogP contribution in [0.2, 0.25) is 0 Å². The predicted octanol–water partition coefficient (Wildman–Crippen LogP) is 4.87. The number of furan rings is 1. The molecule has 2 amide bonds. The van der Waals surface area contributed by atoms with Gasteiger partial charge in [-0.25, -0.2) is 0 Å². The molecule has 0 saturated heterocycles. The maximum Gasteiger partial charge on any atom is 0.242 e. The minimum atomic E-state index is -0.288. The summed E-state index contributed by atoms with van der Waals surface area (Å²) in [5, 5.41) is 0. The molecule has 1 unspecified atom stereocenters. The minimum absolute atomic E-state index is 0.0133. The lowest BCUT2D eigenvalue weighted by Crippen LogP contribution is -2.44. The molecule has 2 aromatic carbocycles. The van der Waals surface area contributed by atoms with Crippen LogP contribution < -0.4 is 0 Å². The van der Waals surface area contributed by atoms with Gasteiger partial charge in [0.1, 0.15) is 5.76 Å². The number of hydrogen-bond donors (Lipinski definition) is 0. The Bertz CT molecular complexity index is 990. The first kappa shape index (κ1) is 25.2. The van der Waals surface area contributed by atoms with Crippen molar-refractivity contribution in [3.63, 3.8) is 0 Å². The van der Waals surface area contributed by atoms with Crippen molar-refractivity contribution >= 4 is 11.8 Å². The average Bonchev–Trinajstić information content (AvgIpc) is 3.38. The molecule has 0 fully saturated rings. The summed E-state index contributed by atoms with van der Waals surface area (Å²) >= 11 is 0. The third-order valence-electron chi connectivity index (χ3n) is 5.82. The Morgan fingerprint density at radius 2 is 1.62 bits per heavy atom. The van der Waals surface area contributed by atoms with Gasteiger partial charge in [0, 0.05) is 26.8 Å². The molecule has 0 radical (unpaired) electrons. The summed E-state index contributed by atoms with van der Waals surface area (Å²) in [6.45, 7) is 3.79. The van der Waals surface area contributed by atoms with Crippen LogP contribution in [0, 0.1) is 0 Å². The molecule has 3 rings (SSSR count). The fraction of sp³-hybridized carbons (Fsp3) is 0.357. The molecule has 1 heterocycles. The van der Waals surface area contributed by atoms with Crippen molar-refractivity contribution < 1.29 is 18.7 Å². The first-order chi connectivity index (χ1) is 16.6. The molecule has 0 bridgehead atoms. The van der Waals surface area contributed by atoms with Gasteiger partial charge in [-0.05, 0) is 36.1 Å². The second-order valence-corrected chi connectivity index (χ2v) is 8.29. The van der Waals surface area contributed by atoms with Crippen LogP contribution >= 0.6 is 0 Å². The third kappa shape index (κ3) is 7.32. The molecular formula is C28H34N2O4. The van der Waals surface area contributed by atoms with Crippen molar-refractivity contribution in [3.05, 3.63) is 95.9 Å². The van der Waals surface area contributed by atoms with Crippen molar-refractivity contribution in [3.8, 4) is 0 Å². The van der Waals surface area contributed by atoms with Gasteiger partial charge in [-0.3, -0.25) is 9.59 Å². The molecule has 6 nitrogen and oxygen atoms in total. The zero-order chi connectivity index (χ0) is 24.2. The molecule has 1 aromatic heterocycles. The fourth-order valence-corrected chi connectivity index (χ4v) is 4.02. The predicted molar refractivity (Wildman–Crippen MR) is 132 cm³/mol. The van der Waals surface area contributed by atoms with Crippen molar-refractivity contribution in [2.24, 2.45) is 0 Å². The largest absolute Gasteiger partial charge is 0.467 e. The van der Waals surface area contributed by atoms with Crippen LogP contribution in [0.15, 0.2) is 83.5 Å². The smallest absolute Gasteiger partial charge is 0.242 e. The van der Waals surface area contributed by atoms with Gasteiger partial charge in [0.25, 0.3) is 0 Å². The van der Waals surface area contributed by atoms with Crippen molar-refractivity contribution in [1.29, 1.82) is 0 Å². The van der Waals surface area contributed by atoms with Gasteiger partial charge in [0.2, 0.25) is 11.8 Å². The standard InChI is InChI=1S/C28H34N2O4/c1-3-26(24-14-8-5-9-15-24)28(32)29(17-11-18-33-2)22-27(31)30(21-25-16-10-19-34-25)20-23-12-6-4-7-13-23/h4-10,12-16,19,26H,3,11,17-18,20-22H2,1-2H3. The number of benzene rings is 2. The van der Waals surface area contributed by atoms with E-state index in [0.717, 1.165) is 11.1 Å². The Morgan fingerprint density at radius 1 is 0.912 bits per heavy atom. The van der Waals surface area contributed by atoms with Gasteiger partial charge < -0.3 is 19.0 Å². The van der Waals surface area contributed by atoms with Crippen LogP contribution in [-0.4, -0.2) is 48.4 Å². The van der Waals surface area contributed by atoms with Gasteiger partial charge in [0.15, 0.2) is 0 Å². The van der Waals surface area contributed by atoms with E-state index in [1.807, 2.05) is 79.7 Å². The molecule has 0 aliphatic rings. The van der Waals surface area contributed by atoms with E-state index < -0.39 is 0 Å². The lowest BCUT2D eigenvalue weighted by Gasteiger charge is -2.30. The van der Waals surface area contributed by atoms with Gasteiger partial charge in [0.05, 0.1) is 25.3 Å². The number of rotatable bonds is 13. The Morgan fingerprint density at radius 3 is 2.24 bits per heavy atom. The summed E-state index contributed by atoms with van der Waals surface area (Å²) in [6, 6.07) is 23.3. The summed E-state index contributed by atoms with van der Waals surface area (Å²) < 4.78 is 10.7. The second kappa shape index (κ2) is 13.4. The highest BCUT2D eigenvalue weighted by molar-refractivity contribution is 5.88. The van der Waals surface area contributed by atoms with Gasteiger partial charge in [-0.15, -0.1) is 0 Å². The minimum Gasteiger partial charge on any atom is -0.467 e. The van der Waals surface area contributed by atoms with Crippen LogP contribution in [0.3, 0.4) is 0 Å². The summed E-state index contributed by atoms with van der Waals surface area (Å²) in [5.41, 5.74) is 1.99. The number of nitrogens with zero attached hydrogens (tertiary/aromatic N) is 2. The molecule has 6 heteroatoms. The van der Waals surface area contributed by atoms with Crippen LogP contribution in [0.4, 0.5) is 0 Å². The molecular weight excluding hydrogens is 428 g/mol. The van der Waals surface area contributed by atoms with Crippen molar-refractivity contribution in [2.75, 3.05) is 26.8 Å². The Hall–Kier alpha value is -3.38. The number of carbonyl (C=O) groups excluding carboxylic acids is 2. The zero-order valence-electron chi connectivity index (χ0n) is 20.1. The third-order valence-corrected chi connectivity index (χ3v) is 5.82. The quantitative estimate of drug-likeness (QED) is 0.340. The van der Waals surface area contributed by atoms with E-state index in [1.54, 1.807) is 23.2 Å². The second-order valence-electron chi connectivity index (χ2n) is 8.29. The normalized spacial score (nSPS) is 11.7. The van der Waals surface area contributed by atoms with E-state index in [2.05, 4.69) is 0 Å². The summed E-state index contributed by atoms with van der Waals surface area (Å²) in [5.74, 6) is 0.270. The first-order valence-electron chi connectivity index (χ1n) is 11.8. The summed E-state index contributed by atoms with van der Waals surface area (Å²) in [4.78, 5) is 30.6. The Labute approximate surface area is 202 Å². The number of carbonyl (C=O) groups is 2. The molecule has 34 heavy (non-hydrogen) atoms. The Balaban J connectivity index is 1.79. The van der Waals surface area contributed by atoms with E-state index >= 15 is 0 Å². The van der Waals surface area contributed by atoms with E-state index in [0.29, 0.717) is 44.8 Å². The maximum absolute atomic E-state index is 13.6. The highest BCUT2D eigenvalue weighted by Gasteiger charge is 2.27. The summed E-state index contributed by atoms with van der Waals surface area (Å²) in [7, 11) is 1.64. The number of methoxy groups -OCH3 is 1. The lowest BCUT2D eigenvalue weighted by molar-refractivity contribution is -0.142. The monoisotopic (exact) mass is 462 g/mol. The fourth-order valence-electron chi connectivity index (χ4n) is 4.02. The van der Waals surface area contributed by atoms with Gasteiger partial charge in [-0.1, -0.05) is 67.6 Å². The van der Waals surface area contributed by atoms with Crippen molar-refractivity contribution in [1.82, 2.24) is 9.80 Å². The molecule has 0 saturated carbocycles. The van der Waals surface area contributed by atoms with Gasteiger partial charge in [-0.2, -0.15) is 0 Å². The molecule has 180 valence electrons. The molecule has 3 aromatic rings. The maximum atomic E-state index is 13.6. The van der Waals surface area contributed by atoms with Crippen LogP contribution in [-0.2, 0) is 27.4 Å². The van der Waals surface area contributed by atoms with E-state index in [9.17, 15) is 9.59 Å². The first-order valence-corrected chi connectivity index (χ1v) is 11.8. The summed E-state index contributed by atoms with van der Waals surface area (Å²) in [6.07, 6.45) is 2.93. The molecule has 0 spiro atoms. The van der Waals surface area contributed by atoms with Gasteiger partial charge >= 0.3 is 0 Å². The SMILES string of the molecule is CCC(C(=O)N(CCCOC)CC(=O)N(Cc1ccccc1)Cc1ccco1)c1ccccc1. The average molecular weight is 463 g/mol.